The van der Waals surface area contributed by atoms with Gasteiger partial charge in [-0.3, -0.25) is 9.89 Å². The number of rotatable bonds is 6. The van der Waals surface area contributed by atoms with Crippen molar-refractivity contribution >= 4 is 5.91 Å². The largest absolute Gasteiger partial charge is 0.350 e. The van der Waals surface area contributed by atoms with E-state index in [0.717, 1.165) is 11.4 Å². The molecule has 128 valence electrons. The third-order valence-electron chi connectivity index (χ3n) is 4.76. The van der Waals surface area contributed by atoms with Crippen molar-refractivity contribution in [1.82, 2.24) is 25.4 Å². The van der Waals surface area contributed by atoms with Crippen LogP contribution in [0, 0.1) is 0 Å². The Morgan fingerprint density at radius 3 is 2.54 bits per heavy atom. The Balaban J connectivity index is 1.64. The van der Waals surface area contributed by atoms with E-state index in [1.807, 2.05) is 38.4 Å². The molecule has 0 radical (unpaired) electrons. The molecule has 1 aliphatic rings. The summed E-state index contributed by atoms with van der Waals surface area (Å²) in [5, 5.41) is 10.3. The van der Waals surface area contributed by atoms with Crippen LogP contribution in [0.3, 0.4) is 0 Å². The molecule has 1 aliphatic carbocycles. The predicted molar refractivity (Wildman–Crippen MR) is 93.9 cm³/mol. The SMILES string of the molecule is CN(C)C(C)(C)CNC(=O)c1ccc(-c2n[nH]c(C3CC3)n2)cc1. The van der Waals surface area contributed by atoms with Gasteiger partial charge in [-0.25, -0.2) is 4.98 Å². The summed E-state index contributed by atoms with van der Waals surface area (Å²) in [5.74, 6) is 2.15. The van der Waals surface area contributed by atoms with Crippen LogP contribution in [-0.2, 0) is 0 Å². The average Bonchev–Trinajstić information content (AvgIpc) is 3.30. The number of carbonyl (C=O) groups is 1. The monoisotopic (exact) mass is 327 g/mol. The van der Waals surface area contributed by atoms with E-state index in [1.54, 1.807) is 0 Å². The van der Waals surface area contributed by atoms with E-state index in [9.17, 15) is 4.79 Å². The van der Waals surface area contributed by atoms with Gasteiger partial charge in [0.15, 0.2) is 5.82 Å². The minimum Gasteiger partial charge on any atom is -0.350 e. The zero-order valence-electron chi connectivity index (χ0n) is 14.8. The fourth-order valence-electron chi connectivity index (χ4n) is 2.27. The number of aromatic nitrogens is 3. The van der Waals surface area contributed by atoms with Crippen molar-refractivity contribution in [3.05, 3.63) is 35.7 Å². The summed E-state index contributed by atoms with van der Waals surface area (Å²) in [5.41, 5.74) is 1.47. The average molecular weight is 327 g/mol. The lowest BCUT2D eigenvalue weighted by Gasteiger charge is -2.32. The van der Waals surface area contributed by atoms with Crippen LogP contribution in [0.4, 0.5) is 0 Å². The lowest BCUT2D eigenvalue weighted by molar-refractivity contribution is 0.0919. The second-order valence-electron chi connectivity index (χ2n) is 7.29. The number of hydrogen-bond acceptors (Lipinski definition) is 4. The number of carbonyl (C=O) groups excluding carboxylic acids is 1. The molecule has 0 bridgehead atoms. The van der Waals surface area contributed by atoms with Crippen LogP contribution < -0.4 is 5.32 Å². The van der Waals surface area contributed by atoms with Crippen molar-refractivity contribution in [2.75, 3.05) is 20.6 Å². The van der Waals surface area contributed by atoms with Crippen LogP contribution in [0.15, 0.2) is 24.3 Å². The smallest absolute Gasteiger partial charge is 0.251 e. The first-order chi connectivity index (χ1) is 11.4. The molecular weight excluding hydrogens is 302 g/mol. The fraction of sp³-hybridized carbons (Fsp3) is 0.500. The van der Waals surface area contributed by atoms with Gasteiger partial charge in [-0.1, -0.05) is 12.1 Å². The highest BCUT2D eigenvalue weighted by molar-refractivity contribution is 5.94. The van der Waals surface area contributed by atoms with Crippen LogP contribution in [0.1, 0.15) is 48.8 Å². The number of aromatic amines is 1. The standard InChI is InChI=1S/C18H25N5O/c1-18(2,23(3)4)11-19-17(24)14-9-7-13(8-10-14)16-20-15(21-22-16)12-5-6-12/h7-10,12H,5-6,11H2,1-4H3,(H,19,24)(H,20,21,22). The number of likely N-dealkylation sites (N-methyl/N-ethyl adjacent to an activating group) is 1. The number of nitrogens with zero attached hydrogens (tertiary/aromatic N) is 3. The molecule has 1 fully saturated rings. The van der Waals surface area contributed by atoms with Gasteiger partial charge in [-0.2, -0.15) is 5.10 Å². The van der Waals surface area contributed by atoms with E-state index in [4.69, 9.17) is 0 Å². The first-order valence-electron chi connectivity index (χ1n) is 8.35. The van der Waals surface area contributed by atoms with Crippen LogP contribution in [0.5, 0.6) is 0 Å². The Morgan fingerprint density at radius 2 is 1.96 bits per heavy atom. The summed E-state index contributed by atoms with van der Waals surface area (Å²) < 4.78 is 0. The molecule has 0 unspecified atom stereocenters. The van der Waals surface area contributed by atoms with Crippen LogP contribution in [0.2, 0.25) is 0 Å². The van der Waals surface area contributed by atoms with Crippen molar-refractivity contribution in [3.8, 4) is 11.4 Å². The molecule has 2 aromatic rings. The summed E-state index contributed by atoms with van der Waals surface area (Å²) in [6.45, 7) is 4.78. The zero-order valence-corrected chi connectivity index (χ0v) is 14.8. The molecule has 24 heavy (non-hydrogen) atoms. The molecule has 1 heterocycles. The normalized spacial score (nSPS) is 14.9. The van der Waals surface area contributed by atoms with Gasteiger partial charge in [0.25, 0.3) is 5.91 Å². The molecule has 1 aromatic heterocycles. The lowest BCUT2D eigenvalue weighted by atomic mass is 10.0. The molecule has 6 nitrogen and oxygen atoms in total. The van der Waals surface area contributed by atoms with Gasteiger partial charge < -0.3 is 10.2 Å². The molecule has 1 amide bonds. The number of H-pyrrole nitrogens is 1. The zero-order chi connectivity index (χ0) is 17.3. The Labute approximate surface area is 142 Å². The van der Waals surface area contributed by atoms with Crippen molar-refractivity contribution in [2.24, 2.45) is 0 Å². The third-order valence-corrected chi connectivity index (χ3v) is 4.76. The number of benzene rings is 1. The van der Waals surface area contributed by atoms with Gasteiger partial charge in [-0.05, 0) is 52.9 Å². The second-order valence-corrected chi connectivity index (χ2v) is 7.29. The maximum Gasteiger partial charge on any atom is 0.251 e. The Kier molecular flexibility index (Phi) is 4.41. The van der Waals surface area contributed by atoms with Crippen LogP contribution >= 0.6 is 0 Å². The van der Waals surface area contributed by atoms with E-state index >= 15 is 0 Å². The molecule has 0 atom stereocenters. The minimum absolute atomic E-state index is 0.0647. The topological polar surface area (TPSA) is 73.9 Å². The molecule has 0 aliphatic heterocycles. The van der Waals surface area contributed by atoms with E-state index in [1.165, 1.54) is 12.8 Å². The molecule has 6 heteroatoms. The van der Waals surface area contributed by atoms with E-state index in [2.05, 4.69) is 39.2 Å². The van der Waals surface area contributed by atoms with Crippen molar-refractivity contribution in [2.45, 2.75) is 38.1 Å². The number of hydrogen-bond donors (Lipinski definition) is 2. The molecule has 0 saturated heterocycles. The van der Waals surface area contributed by atoms with E-state index in [0.29, 0.717) is 23.9 Å². The highest BCUT2D eigenvalue weighted by Gasteiger charge is 2.27. The molecule has 1 saturated carbocycles. The van der Waals surface area contributed by atoms with Gasteiger partial charge >= 0.3 is 0 Å². The van der Waals surface area contributed by atoms with Gasteiger partial charge in [0.2, 0.25) is 0 Å². The van der Waals surface area contributed by atoms with Crippen LogP contribution in [0.25, 0.3) is 11.4 Å². The molecule has 0 spiro atoms. The van der Waals surface area contributed by atoms with Gasteiger partial charge in [0.05, 0.1) is 0 Å². The summed E-state index contributed by atoms with van der Waals surface area (Å²) in [6, 6.07) is 7.43. The Hall–Kier alpha value is -2.21. The molecule has 1 aromatic carbocycles. The van der Waals surface area contributed by atoms with Crippen molar-refractivity contribution in [3.63, 3.8) is 0 Å². The molecular formula is C18H25N5O. The highest BCUT2D eigenvalue weighted by atomic mass is 16.1. The number of amides is 1. The first kappa shape index (κ1) is 16.6. The van der Waals surface area contributed by atoms with E-state index < -0.39 is 0 Å². The summed E-state index contributed by atoms with van der Waals surface area (Å²) in [6.07, 6.45) is 2.38. The molecule has 3 rings (SSSR count). The van der Waals surface area contributed by atoms with Gasteiger partial charge in [-0.15, -0.1) is 0 Å². The second kappa shape index (κ2) is 6.36. The third kappa shape index (κ3) is 3.64. The predicted octanol–water partition coefficient (Wildman–Crippen LogP) is 2.42. The fourth-order valence-corrected chi connectivity index (χ4v) is 2.27. The lowest BCUT2D eigenvalue weighted by Crippen LogP contribution is -2.48. The minimum atomic E-state index is -0.0895. The summed E-state index contributed by atoms with van der Waals surface area (Å²) in [7, 11) is 4.02. The molecule has 2 N–H and O–H groups in total. The Morgan fingerprint density at radius 1 is 1.29 bits per heavy atom. The first-order valence-corrected chi connectivity index (χ1v) is 8.35. The maximum atomic E-state index is 12.3. The number of nitrogens with one attached hydrogen (secondary N) is 2. The quantitative estimate of drug-likeness (QED) is 0.854. The summed E-state index contributed by atoms with van der Waals surface area (Å²) in [4.78, 5) is 18.9. The van der Waals surface area contributed by atoms with Crippen molar-refractivity contribution in [1.29, 1.82) is 0 Å². The van der Waals surface area contributed by atoms with E-state index in [-0.39, 0.29) is 11.4 Å². The summed E-state index contributed by atoms with van der Waals surface area (Å²) >= 11 is 0. The van der Waals surface area contributed by atoms with Gasteiger partial charge in [0, 0.05) is 29.1 Å². The van der Waals surface area contributed by atoms with Gasteiger partial charge in [0.1, 0.15) is 5.82 Å². The maximum absolute atomic E-state index is 12.3. The van der Waals surface area contributed by atoms with Crippen LogP contribution in [-0.4, -0.2) is 52.2 Å². The Bertz CT molecular complexity index is 713. The van der Waals surface area contributed by atoms with Crippen molar-refractivity contribution < 1.29 is 4.79 Å². The highest BCUT2D eigenvalue weighted by Crippen LogP contribution is 2.38.